The van der Waals surface area contributed by atoms with Crippen molar-refractivity contribution in [3.63, 3.8) is 0 Å². The van der Waals surface area contributed by atoms with Crippen LogP contribution in [0.1, 0.15) is 44.9 Å². The zero-order valence-electron chi connectivity index (χ0n) is 9.17. The van der Waals surface area contributed by atoms with E-state index in [1.165, 1.54) is 19.3 Å². The molecular weight excluding hydrogens is 192 g/mol. The van der Waals surface area contributed by atoms with E-state index in [4.69, 9.17) is 0 Å². The van der Waals surface area contributed by atoms with Crippen molar-refractivity contribution in [2.45, 2.75) is 50.5 Å². The molecule has 1 saturated carbocycles. The molecule has 0 unspecified atom stereocenters. The van der Waals surface area contributed by atoms with E-state index in [0.717, 1.165) is 38.8 Å². The van der Waals surface area contributed by atoms with Crippen LogP contribution in [0.25, 0.3) is 0 Å². The predicted molar refractivity (Wildman–Crippen MR) is 57.4 cm³/mol. The third-order valence-electron chi connectivity index (χ3n) is 3.59. The Kier molecular flexibility index (Phi) is 3.26. The van der Waals surface area contributed by atoms with Crippen LogP contribution in [-0.4, -0.2) is 34.7 Å². The molecule has 86 valence electrons. The van der Waals surface area contributed by atoms with Gasteiger partial charge in [0.05, 0.1) is 0 Å². The number of nitrogens with zero attached hydrogens (tertiary/aromatic N) is 1. The molecule has 1 aliphatic carbocycles. The Morgan fingerprint density at radius 1 is 1.07 bits per heavy atom. The molecule has 1 aliphatic heterocycles. The van der Waals surface area contributed by atoms with E-state index in [0.29, 0.717) is 0 Å². The van der Waals surface area contributed by atoms with E-state index in [9.17, 15) is 9.90 Å². The lowest BCUT2D eigenvalue weighted by Gasteiger charge is -2.37. The number of rotatable bonds is 3. The summed E-state index contributed by atoms with van der Waals surface area (Å²) in [5.74, 6) is -0.672. The molecule has 0 aromatic heterocycles. The van der Waals surface area contributed by atoms with Crippen molar-refractivity contribution in [3.05, 3.63) is 0 Å². The second kappa shape index (κ2) is 4.49. The highest BCUT2D eigenvalue weighted by atomic mass is 16.4. The molecular formula is C11H20N2O2. The van der Waals surface area contributed by atoms with E-state index in [2.05, 4.69) is 10.4 Å². The minimum absolute atomic E-state index is 0.664. The standard InChI is InChI=1S/C11H20N2O2/c14-10(15)11(6-2-1-3-7-11)12-13-8-4-5-9-13/h12H,1-9H2,(H,14,15). The molecule has 2 aliphatic rings. The van der Waals surface area contributed by atoms with Gasteiger partial charge in [0.15, 0.2) is 0 Å². The summed E-state index contributed by atoms with van der Waals surface area (Å²) < 4.78 is 0. The smallest absolute Gasteiger partial charge is 0.325 e. The quantitative estimate of drug-likeness (QED) is 0.742. The molecule has 0 bridgehead atoms. The Balaban J connectivity index is 2.00. The second-order valence-corrected chi connectivity index (χ2v) is 4.75. The van der Waals surface area contributed by atoms with E-state index < -0.39 is 11.5 Å². The Morgan fingerprint density at radius 2 is 1.67 bits per heavy atom. The van der Waals surface area contributed by atoms with Crippen molar-refractivity contribution in [1.82, 2.24) is 10.4 Å². The maximum Gasteiger partial charge on any atom is 0.325 e. The van der Waals surface area contributed by atoms with Crippen LogP contribution in [0.2, 0.25) is 0 Å². The van der Waals surface area contributed by atoms with Crippen molar-refractivity contribution in [2.24, 2.45) is 0 Å². The molecule has 2 rings (SSSR count). The summed E-state index contributed by atoms with van der Waals surface area (Å²) in [6.07, 6.45) is 7.17. The number of carboxylic acid groups (broad SMARTS) is 1. The maximum absolute atomic E-state index is 11.4. The third kappa shape index (κ3) is 2.32. The van der Waals surface area contributed by atoms with Crippen LogP contribution in [0.3, 0.4) is 0 Å². The average Bonchev–Trinajstić information content (AvgIpc) is 2.71. The van der Waals surface area contributed by atoms with Crippen LogP contribution < -0.4 is 5.43 Å². The fourth-order valence-electron chi connectivity index (χ4n) is 2.66. The maximum atomic E-state index is 11.4. The summed E-state index contributed by atoms with van der Waals surface area (Å²) in [5.41, 5.74) is 2.60. The minimum Gasteiger partial charge on any atom is -0.480 e. The lowest BCUT2D eigenvalue weighted by Crippen LogP contribution is -2.59. The van der Waals surface area contributed by atoms with Crippen LogP contribution in [0, 0.1) is 0 Å². The van der Waals surface area contributed by atoms with Crippen LogP contribution in [0.15, 0.2) is 0 Å². The van der Waals surface area contributed by atoms with Gasteiger partial charge in [-0.05, 0) is 25.7 Å². The Bertz CT molecular complexity index is 231. The summed E-state index contributed by atoms with van der Waals surface area (Å²) in [5, 5.41) is 11.5. The van der Waals surface area contributed by atoms with Crippen LogP contribution in [-0.2, 0) is 4.79 Å². The molecule has 0 amide bonds. The van der Waals surface area contributed by atoms with Crippen molar-refractivity contribution in [2.75, 3.05) is 13.1 Å². The molecule has 0 atom stereocenters. The number of carboxylic acids is 1. The Labute approximate surface area is 90.6 Å². The van der Waals surface area contributed by atoms with E-state index in [1.54, 1.807) is 0 Å². The number of carbonyl (C=O) groups is 1. The number of nitrogens with one attached hydrogen (secondary N) is 1. The third-order valence-corrected chi connectivity index (χ3v) is 3.59. The van der Waals surface area contributed by atoms with Gasteiger partial charge in [0.1, 0.15) is 5.54 Å². The summed E-state index contributed by atoms with van der Waals surface area (Å²) in [7, 11) is 0. The number of hydrogen-bond acceptors (Lipinski definition) is 3. The van der Waals surface area contributed by atoms with Gasteiger partial charge in [-0.15, -0.1) is 0 Å². The monoisotopic (exact) mass is 212 g/mol. The highest BCUT2D eigenvalue weighted by molar-refractivity contribution is 5.78. The van der Waals surface area contributed by atoms with Gasteiger partial charge in [0.25, 0.3) is 0 Å². The molecule has 1 heterocycles. The minimum atomic E-state index is -0.672. The fraction of sp³-hybridized carbons (Fsp3) is 0.909. The van der Waals surface area contributed by atoms with Crippen molar-refractivity contribution in [1.29, 1.82) is 0 Å². The van der Waals surface area contributed by atoms with Gasteiger partial charge in [-0.2, -0.15) is 0 Å². The van der Waals surface area contributed by atoms with E-state index in [1.807, 2.05) is 0 Å². The zero-order valence-corrected chi connectivity index (χ0v) is 9.17. The molecule has 2 N–H and O–H groups in total. The SMILES string of the molecule is O=C(O)C1(NN2CCCC2)CCCCC1. The summed E-state index contributed by atoms with van der Waals surface area (Å²) >= 11 is 0. The largest absolute Gasteiger partial charge is 0.480 e. The van der Waals surface area contributed by atoms with Gasteiger partial charge in [-0.25, -0.2) is 10.4 Å². The first kappa shape index (κ1) is 10.9. The Hall–Kier alpha value is -0.610. The lowest BCUT2D eigenvalue weighted by atomic mass is 9.82. The first-order valence-electron chi connectivity index (χ1n) is 5.99. The molecule has 4 heteroatoms. The summed E-state index contributed by atoms with van der Waals surface area (Å²) in [6, 6.07) is 0. The lowest BCUT2D eigenvalue weighted by molar-refractivity contribution is -0.149. The van der Waals surface area contributed by atoms with Crippen LogP contribution >= 0.6 is 0 Å². The number of aliphatic carboxylic acids is 1. The van der Waals surface area contributed by atoms with Crippen LogP contribution in [0.5, 0.6) is 0 Å². The van der Waals surface area contributed by atoms with E-state index >= 15 is 0 Å². The number of hydrogen-bond donors (Lipinski definition) is 2. The molecule has 1 saturated heterocycles. The highest BCUT2D eigenvalue weighted by Gasteiger charge is 2.41. The normalized spacial score (nSPS) is 26.7. The highest BCUT2D eigenvalue weighted by Crippen LogP contribution is 2.29. The van der Waals surface area contributed by atoms with Gasteiger partial charge in [0, 0.05) is 13.1 Å². The molecule has 15 heavy (non-hydrogen) atoms. The van der Waals surface area contributed by atoms with Gasteiger partial charge < -0.3 is 5.11 Å². The van der Waals surface area contributed by atoms with Crippen molar-refractivity contribution in [3.8, 4) is 0 Å². The molecule has 0 spiro atoms. The topological polar surface area (TPSA) is 52.6 Å². The Morgan fingerprint density at radius 3 is 2.20 bits per heavy atom. The van der Waals surface area contributed by atoms with Crippen LogP contribution in [0.4, 0.5) is 0 Å². The molecule has 0 radical (unpaired) electrons. The second-order valence-electron chi connectivity index (χ2n) is 4.75. The van der Waals surface area contributed by atoms with Gasteiger partial charge >= 0.3 is 5.97 Å². The molecule has 0 aromatic carbocycles. The molecule has 2 fully saturated rings. The predicted octanol–water partition coefficient (Wildman–Crippen LogP) is 1.37. The molecule has 0 aromatic rings. The zero-order chi connectivity index (χ0) is 10.7. The molecule has 4 nitrogen and oxygen atoms in total. The van der Waals surface area contributed by atoms with E-state index in [-0.39, 0.29) is 0 Å². The van der Waals surface area contributed by atoms with Gasteiger partial charge in [0.2, 0.25) is 0 Å². The fourth-order valence-corrected chi connectivity index (χ4v) is 2.66. The average molecular weight is 212 g/mol. The van der Waals surface area contributed by atoms with Crippen molar-refractivity contribution < 1.29 is 9.90 Å². The summed E-state index contributed by atoms with van der Waals surface area (Å²) in [4.78, 5) is 11.4. The van der Waals surface area contributed by atoms with Gasteiger partial charge in [-0.3, -0.25) is 4.79 Å². The van der Waals surface area contributed by atoms with Crippen molar-refractivity contribution >= 4 is 5.97 Å². The number of hydrazine groups is 1. The van der Waals surface area contributed by atoms with Gasteiger partial charge in [-0.1, -0.05) is 19.3 Å². The first-order valence-corrected chi connectivity index (χ1v) is 5.99. The summed E-state index contributed by atoms with van der Waals surface area (Å²) in [6.45, 7) is 1.99. The first-order chi connectivity index (χ1) is 7.23.